The van der Waals surface area contributed by atoms with E-state index in [0.29, 0.717) is 18.5 Å². The average molecular weight is 478 g/mol. The number of nitrogens with two attached hydrogens (primary N) is 1. The summed E-state index contributed by atoms with van der Waals surface area (Å²) < 4.78 is 1.88. The summed E-state index contributed by atoms with van der Waals surface area (Å²) in [6.45, 7) is 2.49. The molecule has 0 aliphatic carbocycles. The van der Waals surface area contributed by atoms with Gasteiger partial charge >= 0.3 is 5.97 Å². The van der Waals surface area contributed by atoms with Crippen molar-refractivity contribution in [1.29, 1.82) is 5.41 Å². The monoisotopic (exact) mass is 477 g/mol. The molecule has 0 radical (unpaired) electrons. The van der Waals surface area contributed by atoms with Crippen molar-refractivity contribution in [2.24, 2.45) is 5.73 Å². The van der Waals surface area contributed by atoms with E-state index in [1.807, 2.05) is 78.3 Å². The summed E-state index contributed by atoms with van der Waals surface area (Å²) in [6, 6.07) is 25.2. The third kappa shape index (κ3) is 5.99. The summed E-state index contributed by atoms with van der Waals surface area (Å²) in [5, 5.41) is 24.5. The van der Waals surface area contributed by atoms with Crippen molar-refractivity contribution in [2.75, 3.05) is 11.9 Å². The standard InChI is InChI=1S/C29H27N5O2/c1-20-18-21(6-5-17-32-24-12-10-23(11-13-24)29(30)31)9-15-26(20)34-27(22-7-3-2-4-8-22)19-25(33-34)14-16-28(35)36/h2-4,7-13,15,18-19,32H,14,16-17H2,1H3,(H3,30,31)(H,35,36). The molecule has 1 aromatic heterocycles. The largest absolute Gasteiger partial charge is 0.481 e. The van der Waals surface area contributed by atoms with Crippen LogP contribution in [0.15, 0.2) is 78.9 Å². The maximum atomic E-state index is 11.1. The Morgan fingerprint density at radius 3 is 2.50 bits per heavy atom. The lowest BCUT2D eigenvalue weighted by Gasteiger charge is -2.11. The summed E-state index contributed by atoms with van der Waals surface area (Å²) in [7, 11) is 0. The van der Waals surface area contributed by atoms with Crippen molar-refractivity contribution in [2.45, 2.75) is 19.8 Å². The predicted molar refractivity (Wildman–Crippen MR) is 143 cm³/mol. The van der Waals surface area contributed by atoms with Gasteiger partial charge in [0.05, 0.1) is 30.0 Å². The van der Waals surface area contributed by atoms with Crippen LogP contribution in [0, 0.1) is 24.2 Å². The molecule has 3 aromatic carbocycles. The second kappa shape index (κ2) is 11.1. The van der Waals surface area contributed by atoms with Crippen LogP contribution < -0.4 is 11.1 Å². The molecule has 0 saturated heterocycles. The summed E-state index contributed by atoms with van der Waals surface area (Å²) in [4.78, 5) is 11.1. The zero-order chi connectivity index (χ0) is 25.5. The van der Waals surface area contributed by atoms with Gasteiger partial charge in [-0.05, 0) is 61.0 Å². The van der Waals surface area contributed by atoms with E-state index in [2.05, 4.69) is 17.2 Å². The number of benzene rings is 3. The Kier molecular flexibility index (Phi) is 7.47. The van der Waals surface area contributed by atoms with Crippen molar-refractivity contribution >= 4 is 17.5 Å². The van der Waals surface area contributed by atoms with Crippen LogP contribution in [0.1, 0.15) is 28.8 Å². The van der Waals surface area contributed by atoms with Crippen molar-refractivity contribution in [3.63, 3.8) is 0 Å². The number of amidine groups is 1. The van der Waals surface area contributed by atoms with E-state index in [0.717, 1.165) is 39.5 Å². The molecule has 0 bridgehead atoms. The first-order chi connectivity index (χ1) is 17.4. The highest BCUT2D eigenvalue weighted by Gasteiger charge is 2.14. The number of anilines is 1. The van der Waals surface area contributed by atoms with Gasteiger partial charge in [0.2, 0.25) is 0 Å². The first-order valence-electron chi connectivity index (χ1n) is 11.5. The van der Waals surface area contributed by atoms with Gasteiger partial charge in [0.25, 0.3) is 0 Å². The van der Waals surface area contributed by atoms with Crippen LogP contribution in [0.4, 0.5) is 5.69 Å². The number of aromatic nitrogens is 2. The SMILES string of the molecule is Cc1cc(C#CCNc2ccc(C(=N)N)cc2)ccc1-n1nc(CCC(=O)O)cc1-c1ccccc1. The highest BCUT2D eigenvalue weighted by atomic mass is 16.4. The third-order valence-corrected chi connectivity index (χ3v) is 5.66. The predicted octanol–water partition coefficient (Wildman–Crippen LogP) is 4.61. The number of nitrogen functional groups attached to an aromatic ring is 1. The summed E-state index contributed by atoms with van der Waals surface area (Å²) in [5.41, 5.74) is 12.6. The molecule has 1 heterocycles. The maximum absolute atomic E-state index is 11.1. The van der Waals surface area contributed by atoms with Crippen LogP contribution in [-0.4, -0.2) is 33.2 Å². The van der Waals surface area contributed by atoms with Gasteiger partial charge in [0.15, 0.2) is 0 Å². The fourth-order valence-electron chi connectivity index (χ4n) is 3.82. The summed E-state index contributed by atoms with van der Waals surface area (Å²) in [6.07, 6.45) is 0.406. The van der Waals surface area contributed by atoms with Crippen LogP contribution in [0.5, 0.6) is 0 Å². The zero-order valence-electron chi connectivity index (χ0n) is 20.0. The second-order valence-corrected chi connectivity index (χ2v) is 8.34. The number of rotatable bonds is 8. The molecule has 0 aliphatic heterocycles. The fourth-order valence-corrected chi connectivity index (χ4v) is 3.82. The molecule has 0 unspecified atom stereocenters. The van der Waals surface area contributed by atoms with Crippen LogP contribution in [-0.2, 0) is 11.2 Å². The topological polar surface area (TPSA) is 117 Å². The lowest BCUT2D eigenvalue weighted by Crippen LogP contribution is -2.10. The van der Waals surface area contributed by atoms with E-state index in [1.165, 1.54) is 0 Å². The molecule has 0 amide bonds. The number of hydrogen-bond donors (Lipinski definition) is 4. The molecule has 0 aliphatic rings. The Hall–Kier alpha value is -4.83. The molecule has 0 atom stereocenters. The Morgan fingerprint density at radius 2 is 1.83 bits per heavy atom. The zero-order valence-corrected chi connectivity index (χ0v) is 20.0. The molecule has 4 aromatic rings. The molecule has 36 heavy (non-hydrogen) atoms. The molecule has 5 N–H and O–H groups in total. The normalized spacial score (nSPS) is 10.4. The van der Waals surface area contributed by atoms with E-state index in [9.17, 15) is 4.79 Å². The van der Waals surface area contributed by atoms with Gasteiger partial charge in [-0.25, -0.2) is 4.68 Å². The number of nitrogens with zero attached hydrogens (tertiary/aromatic N) is 2. The minimum absolute atomic E-state index is 0.0354. The van der Waals surface area contributed by atoms with Crippen LogP contribution in [0.2, 0.25) is 0 Å². The number of hydrogen-bond acceptors (Lipinski definition) is 4. The Balaban J connectivity index is 1.52. The van der Waals surface area contributed by atoms with Gasteiger partial charge in [-0.2, -0.15) is 5.10 Å². The smallest absolute Gasteiger partial charge is 0.303 e. The van der Waals surface area contributed by atoms with E-state index in [4.69, 9.17) is 21.3 Å². The third-order valence-electron chi connectivity index (χ3n) is 5.66. The van der Waals surface area contributed by atoms with Crippen molar-refractivity contribution in [3.8, 4) is 28.8 Å². The summed E-state index contributed by atoms with van der Waals surface area (Å²) in [5.74, 6) is 5.53. The highest BCUT2D eigenvalue weighted by molar-refractivity contribution is 5.95. The molecular weight excluding hydrogens is 450 g/mol. The van der Waals surface area contributed by atoms with E-state index < -0.39 is 5.97 Å². The van der Waals surface area contributed by atoms with Crippen LogP contribution in [0.3, 0.4) is 0 Å². The number of carboxylic acid groups (broad SMARTS) is 1. The fraction of sp³-hybridized carbons (Fsp3) is 0.138. The van der Waals surface area contributed by atoms with Gasteiger partial charge in [-0.3, -0.25) is 10.2 Å². The molecular formula is C29H27N5O2. The van der Waals surface area contributed by atoms with Gasteiger partial charge in [0.1, 0.15) is 5.84 Å². The number of aryl methyl sites for hydroxylation is 2. The molecule has 180 valence electrons. The van der Waals surface area contributed by atoms with Crippen LogP contribution in [0.25, 0.3) is 16.9 Å². The molecule has 0 fully saturated rings. The van der Waals surface area contributed by atoms with Crippen molar-refractivity contribution < 1.29 is 9.90 Å². The minimum Gasteiger partial charge on any atom is -0.481 e. The minimum atomic E-state index is -0.840. The van der Waals surface area contributed by atoms with Crippen molar-refractivity contribution in [1.82, 2.24) is 9.78 Å². The number of aliphatic carboxylic acids is 1. The summed E-state index contributed by atoms with van der Waals surface area (Å²) >= 11 is 0. The lowest BCUT2D eigenvalue weighted by atomic mass is 10.1. The average Bonchev–Trinajstić information content (AvgIpc) is 3.30. The number of nitrogens with one attached hydrogen (secondary N) is 2. The highest BCUT2D eigenvalue weighted by Crippen LogP contribution is 2.26. The Morgan fingerprint density at radius 1 is 1.08 bits per heavy atom. The molecule has 7 nitrogen and oxygen atoms in total. The Labute approximate surface area is 210 Å². The van der Waals surface area contributed by atoms with Gasteiger partial charge in [0, 0.05) is 28.8 Å². The number of carboxylic acids is 1. The molecule has 4 rings (SSSR count). The number of carbonyl (C=O) groups is 1. The van der Waals surface area contributed by atoms with E-state index in [-0.39, 0.29) is 12.3 Å². The van der Waals surface area contributed by atoms with Crippen molar-refractivity contribution in [3.05, 3.63) is 101 Å². The first kappa shape index (κ1) is 24.3. The maximum Gasteiger partial charge on any atom is 0.303 e. The van der Waals surface area contributed by atoms with Gasteiger partial charge in [-0.1, -0.05) is 42.2 Å². The lowest BCUT2D eigenvalue weighted by molar-refractivity contribution is -0.136. The Bertz CT molecular complexity index is 1440. The molecule has 0 spiro atoms. The second-order valence-electron chi connectivity index (χ2n) is 8.34. The van der Waals surface area contributed by atoms with E-state index in [1.54, 1.807) is 12.1 Å². The quantitative estimate of drug-likeness (QED) is 0.168. The van der Waals surface area contributed by atoms with Gasteiger partial charge in [-0.15, -0.1) is 0 Å². The molecule has 0 saturated carbocycles. The van der Waals surface area contributed by atoms with E-state index >= 15 is 0 Å². The molecule has 7 heteroatoms. The van der Waals surface area contributed by atoms with Gasteiger partial charge < -0.3 is 16.2 Å². The van der Waals surface area contributed by atoms with Crippen LogP contribution >= 0.6 is 0 Å². The first-order valence-corrected chi connectivity index (χ1v) is 11.5.